The number of likely N-dealkylation sites (tertiary alicyclic amines) is 1. The summed E-state index contributed by atoms with van der Waals surface area (Å²) in [5.74, 6) is 0.141. The zero-order valence-electron chi connectivity index (χ0n) is 11.4. The molecular formula is C17H15BrINO. The Morgan fingerprint density at radius 2 is 2.00 bits per heavy atom. The minimum atomic E-state index is 0.141. The topological polar surface area (TPSA) is 20.3 Å². The van der Waals surface area contributed by atoms with Crippen LogP contribution in [0.1, 0.15) is 34.8 Å². The van der Waals surface area contributed by atoms with Crippen molar-refractivity contribution in [2.24, 2.45) is 0 Å². The fraction of sp³-hybridized carbons (Fsp3) is 0.235. The van der Waals surface area contributed by atoms with Gasteiger partial charge in [-0.3, -0.25) is 4.79 Å². The molecule has 21 heavy (non-hydrogen) atoms. The van der Waals surface area contributed by atoms with Crippen LogP contribution >= 0.6 is 38.5 Å². The third kappa shape index (κ3) is 3.16. The average Bonchev–Trinajstić information content (AvgIpc) is 2.96. The first-order valence-electron chi connectivity index (χ1n) is 6.98. The fourth-order valence-electron chi connectivity index (χ4n) is 2.86. The van der Waals surface area contributed by atoms with Crippen LogP contribution in [0.5, 0.6) is 0 Å². The minimum absolute atomic E-state index is 0.141. The molecule has 0 aromatic heterocycles. The Balaban J connectivity index is 1.91. The van der Waals surface area contributed by atoms with Crippen molar-refractivity contribution < 1.29 is 4.79 Å². The molecule has 0 N–H and O–H groups in total. The molecule has 0 aliphatic carbocycles. The lowest BCUT2D eigenvalue weighted by Gasteiger charge is -2.25. The van der Waals surface area contributed by atoms with Gasteiger partial charge in [0, 0.05) is 14.6 Å². The van der Waals surface area contributed by atoms with E-state index in [2.05, 4.69) is 50.7 Å². The highest BCUT2D eigenvalue weighted by molar-refractivity contribution is 14.1. The molecule has 1 heterocycles. The number of amides is 1. The van der Waals surface area contributed by atoms with Gasteiger partial charge in [-0.05, 0) is 65.3 Å². The summed E-state index contributed by atoms with van der Waals surface area (Å²) in [6, 6.07) is 16.3. The molecule has 0 saturated carbocycles. The molecule has 1 aliphatic heterocycles. The van der Waals surface area contributed by atoms with Gasteiger partial charge in [-0.25, -0.2) is 0 Å². The monoisotopic (exact) mass is 455 g/mol. The Hall–Kier alpha value is -0.880. The van der Waals surface area contributed by atoms with E-state index in [1.807, 2.05) is 41.3 Å². The molecule has 1 atom stereocenters. The van der Waals surface area contributed by atoms with Crippen LogP contribution in [0.3, 0.4) is 0 Å². The predicted octanol–water partition coefficient (Wildman–Crippen LogP) is 5.03. The third-order valence-electron chi connectivity index (χ3n) is 3.85. The average molecular weight is 456 g/mol. The molecule has 2 aromatic carbocycles. The van der Waals surface area contributed by atoms with Crippen LogP contribution in [0.2, 0.25) is 0 Å². The number of carbonyl (C=O) groups is 1. The standard InChI is InChI=1S/C17H15BrINO/c18-13-6-3-5-12(11-13)16-9-4-10-20(16)17(21)14-7-1-2-8-15(14)19/h1-3,5-8,11,16H,4,9-10H2. The lowest BCUT2D eigenvalue weighted by atomic mass is 10.0. The first-order valence-corrected chi connectivity index (χ1v) is 8.85. The number of benzene rings is 2. The summed E-state index contributed by atoms with van der Waals surface area (Å²) in [6.45, 7) is 0.834. The summed E-state index contributed by atoms with van der Waals surface area (Å²) in [5, 5.41) is 0. The molecule has 0 spiro atoms. The van der Waals surface area contributed by atoms with Gasteiger partial charge in [-0.1, -0.05) is 40.2 Å². The highest BCUT2D eigenvalue weighted by Crippen LogP contribution is 2.34. The summed E-state index contributed by atoms with van der Waals surface area (Å²) >= 11 is 5.75. The van der Waals surface area contributed by atoms with E-state index in [0.29, 0.717) is 0 Å². The number of hydrogen-bond acceptors (Lipinski definition) is 1. The number of nitrogens with zero attached hydrogens (tertiary/aromatic N) is 1. The molecule has 4 heteroatoms. The van der Waals surface area contributed by atoms with Crippen LogP contribution in [0, 0.1) is 3.57 Å². The third-order valence-corrected chi connectivity index (χ3v) is 5.29. The SMILES string of the molecule is O=C(c1ccccc1I)N1CCCC1c1cccc(Br)c1. The van der Waals surface area contributed by atoms with Crippen molar-refractivity contribution in [1.82, 2.24) is 4.90 Å². The van der Waals surface area contributed by atoms with Gasteiger partial charge in [-0.2, -0.15) is 0 Å². The second kappa shape index (κ2) is 6.48. The number of hydrogen-bond donors (Lipinski definition) is 0. The first kappa shape index (κ1) is 15.0. The lowest BCUT2D eigenvalue weighted by molar-refractivity contribution is 0.0734. The molecule has 1 fully saturated rings. The normalized spacial score (nSPS) is 18.0. The summed E-state index contributed by atoms with van der Waals surface area (Å²) in [4.78, 5) is 14.9. The van der Waals surface area contributed by atoms with E-state index < -0.39 is 0 Å². The molecule has 3 rings (SSSR count). The molecule has 2 aromatic rings. The summed E-state index contributed by atoms with van der Waals surface area (Å²) in [5.41, 5.74) is 2.01. The van der Waals surface area contributed by atoms with Gasteiger partial charge in [0.15, 0.2) is 0 Å². The smallest absolute Gasteiger partial charge is 0.255 e. The zero-order chi connectivity index (χ0) is 14.8. The molecule has 108 valence electrons. The second-order valence-electron chi connectivity index (χ2n) is 5.19. The molecule has 1 amide bonds. The van der Waals surface area contributed by atoms with E-state index in [-0.39, 0.29) is 11.9 Å². The number of carbonyl (C=O) groups excluding carboxylic acids is 1. The maximum atomic E-state index is 12.8. The van der Waals surface area contributed by atoms with E-state index in [9.17, 15) is 4.79 Å². The molecule has 1 saturated heterocycles. The fourth-order valence-corrected chi connectivity index (χ4v) is 3.89. The van der Waals surface area contributed by atoms with E-state index in [1.54, 1.807) is 0 Å². The van der Waals surface area contributed by atoms with Crippen molar-refractivity contribution in [3.05, 3.63) is 67.7 Å². The van der Waals surface area contributed by atoms with Crippen LogP contribution in [-0.4, -0.2) is 17.4 Å². The van der Waals surface area contributed by atoms with Crippen molar-refractivity contribution in [3.63, 3.8) is 0 Å². The highest BCUT2D eigenvalue weighted by Gasteiger charge is 2.31. The van der Waals surface area contributed by atoms with E-state index in [4.69, 9.17) is 0 Å². The minimum Gasteiger partial charge on any atom is -0.332 e. The Morgan fingerprint density at radius 1 is 1.19 bits per heavy atom. The quantitative estimate of drug-likeness (QED) is 0.581. The van der Waals surface area contributed by atoms with Crippen molar-refractivity contribution >= 4 is 44.4 Å². The summed E-state index contributed by atoms with van der Waals surface area (Å²) in [6.07, 6.45) is 2.10. The largest absolute Gasteiger partial charge is 0.332 e. The van der Waals surface area contributed by atoms with Gasteiger partial charge in [0.25, 0.3) is 5.91 Å². The van der Waals surface area contributed by atoms with Crippen LogP contribution in [0.25, 0.3) is 0 Å². The molecule has 2 nitrogen and oxygen atoms in total. The van der Waals surface area contributed by atoms with Crippen LogP contribution < -0.4 is 0 Å². The van der Waals surface area contributed by atoms with Gasteiger partial charge < -0.3 is 4.90 Å². The first-order chi connectivity index (χ1) is 10.2. The molecule has 1 unspecified atom stereocenters. The van der Waals surface area contributed by atoms with Crippen molar-refractivity contribution in [2.45, 2.75) is 18.9 Å². The Labute approximate surface area is 146 Å². The maximum absolute atomic E-state index is 12.8. The zero-order valence-corrected chi connectivity index (χ0v) is 15.2. The van der Waals surface area contributed by atoms with Crippen molar-refractivity contribution in [1.29, 1.82) is 0 Å². The van der Waals surface area contributed by atoms with Crippen LogP contribution in [0.15, 0.2) is 53.0 Å². The Kier molecular flexibility index (Phi) is 4.64. The van der Waals surface area contributed by atoms with Crippen molar-refractivity contribution in [3.8, 4) is 0 Å². The Bertz CT molecular complexity index is 673. The molecular weight excluding hydrogens is 441 g/mol. The van der Waals surface area contributed by atoms with Gasteiger partial charge in [0.05, 0.1) is 11.6 Å². The summed E-state index contributed by atoms with van der Waals surface area (Å²) < 4.78 is 2.08. The van der Waals surface area contributed by atoms with Crippen LogP contribution in [0.4, 0.5) is 0 Å². The molecule has 0 radical (unpaired) electrons. The van der Waals surface area contributed by atoms with Gasteiger partial charge in [0.1, 0.15) is 0 Å². The second-order valence-corrected chi connectivity index (χ2v) is 7.27. The Morgan fingerprint density at radius 3 is 2.76 bits per heavy atom. The number of rotatable bonds is 2. The van der Waals surface area contributed by atoms with E-state index in [1.165, 1.54) is 5.56 Å². The number of halogens is 2. The highest BCUT2D eigenvalue weighted by atomic mass is 127. The van der Waals surface area contributed by atoms with Gasteiger partial charge in [0.2, 0.25) is 0 Å². The van der Waals surface area contributed by atoms with Gasteiger partial charge >= 0.3 is 0 Å². The molecule has 1 aliphatic rings. The van der Waals surface area contributed by atoms with Crippen molar-refractivity contribution in [2.75, 3.05) is 6.54 Å². The van der Waals surface area contributed by atoms with E-state index in [0.717, 1.165) is 33.0 Å². The van der Waals surface area contributed by atoms with Gasteiger partial charge in [-0.15, -0.1) is 0 Å². The summed E-state index contributed by atoms with van der Waals surface area (Å²) in [7, 11) is 0. The molecule has 0 bridgehead atoms. The maximum Gasteiger partial charge on any atom is 0.255 e. The predicted molar refractivity (Wildman–Crippen MR) is 96.3 cm³/mol. The van der Waals surface area contributed by atoms with Crippen LogP contribution in [-0.2, 0) is 0 Å². The lowest BCUT2D eigenvalue weighted by Crippen LogP contribution is -2.31. The van der Waals surface area contributed by atoms with E-state index >= 15 is 0 Å².